The second kappa shape index (κ2) is 6.68. The molecular weight excluding hydrogens is 246 g/mol. The Balaban J connectivity index is 1.95. The van der Waals surface area contributed by atoms with E-state index < -0.39 is 0 Å². The lowest BCUT2D eigenvalue weighted by Crippen LogP contribution is -2.45. The van der Waals surface area contributed by atoms with Crippen molar-refractivity contribution in [2.24, 2.45) is 17.1 Å². The van der Waals surface area contributed by atoms with E-state index >= 15 is 0 Å². The van der Waals surface area contributed by atoms with Gasteiger partial charge in [0.05, 0.1) is 0 Å². The van der Waals surface area contributed by atoms with Crippen LogP contribution >= 0.6 is 0 Å². The van der Waals surface area contributed by atoms with Gasteiger partial charge in [-0.1, -0.05) is 20.8 Å². The zero-order chi connectivity index (χ0) is 14.6. The molecule has 3 nitrogen and oxygen atoms in total. The van der Waals surface area contributed by atoms with Crippen LogP contribution in [0.4, 0.5) is 0 Å². The van der Waals surface area contributed by atoms with Gasteiger partial charge in [-0.2, -0.15) is 0 Å². The molecule has 20 heavy (non-hydrogen) atoms. The third kappa shape index (κ3) is 4.29. The summed E-state index contributed by atoms with van der Waals surface area (Å²) in [5.74, 6) is 0.625. The molecule has 0 spiro atoms. The average Bonchev–Trinajstić information content (AvgIpc) is 2.43. The van der Waals surface area contributed by atoms with E-state index in [1.807, 2.05) is 12.4 Å². The van der Waals surface area contributed by atoms with Gasteiger partial charge < -0.3 is 5.73 Å². The third-order valence-corrected chi connectivity index (χ3v) is 4.67. The highest BCUT2D eigenvalue weighted by Crippen LogP contribution is 2.38. The first-order valence-electron chi connectivity index (χ1n) is 7.87. The Kier molecular flexibility index (Phi) is 5.17. The zero-order valence-corrected chi connectivity index (χ0v) is 13.2. The molecule has 1 heterocycles. The second-order valence-electron chi connectivity index (χ2n) is 7.01. The Labute approximate surface area is 123 Å². The fraction of sp³-hybridized carbons (Fsp3) is 0.706. The van der Waals surface area contributed by atoms with Gasteiger partial charge in [0.15, 0.2) is 0 Å². The average molecular weight is 275 g/mol. The minimum absolute atomic E-state index is 0.370. The first-order chi connectivity index (χ1) is 9.50. The summed E-state index contributed by atoms with van der Waals surface area (Å²) in [6.07, 6.45) is 7.43. The van der Waals surface area contributed by atoms with E-state index in [1.165, 1.54) is 24.8 Å². The second-order valence-corrected chi connectivity index (χ2v) is 7.01. The van der Waals surface area contributed by atoms with Gasteiger partial charge in [0.25, 0.3) is 0 Å². The molecule has 2 N–H and O–H groups in total. The van der Waals surface area contributed by atoms with Gasteiger partial charge in [0.1, 0.15) is 0 Å². The van der Waals surface area contributed by atoms with Crippen molar-refractivity contribution in [1.29, 1.82) is 0 Å². The van der Waals surface area contributed by atoms with Gasteiger partial charge in [-0.3, -0.25) is 9.88 Å². The first kappa shape index (κ1) is 15.5. The summed E-state index contributed by atoms with van der Waals surface area (Å²) in [4.78, 5) is 6.60. The Morgan fingerprint density at radius 3 is 2.70 bits per heavy atom. The van der Waals surface area contributed by atoms with E-state index in [9.17, 15) is 0 Å². The Morgan fingerprint density at radius 1 is 1.35 bits per heavy atom. The minimum Gasteiger partial charge on any atom is -0.327 e. The molecule has 2 unspecified atom stereocenters. The Morgan fingerprint density at radius 2 is 2.05 bits per heavy atom. The molecule has 0 amide bonds. The van der Waals surface area contributed by atoms with Crippen molar-refractivity contribution in [3.63, 3.8) is 0 Å². The van der Waals surface area contributed by atoms with Crippen LogP contribution < -0.4 is 5.73 Å². The molecule has 1 fully saturated rings. The molecule has 112 valence electrons. The summed E-state index contributed by atoms with van der Waals surface area (Å²) >= 11 is 0. The number of aromatic nitrogens is 1. The van der Waals surface area contributed by atoms with Gasteiger partial charge in [-0.25, -0.2) is 0 Å². The SMILES string of the molecule is CCN(Cc1ccncc1)CC1CC(C)(C)CCC1N. The van der Waals surface area contributed by atoms with Crippen LogP contribution in [0.1, 0.15) is 45.6 Å². The van der Waals surface area contributed by atoms with Crippen LogP contribution in [-0.2, 0) is 6.54 Å². The molecule has 0 radical (unpaired) electrons. The lowest BCUT2D eigenvalue weighted by atomic mass is 9.70. The fourth-order valence-corrected chi connectivity index (χ4v) is 3.34. The lowest BCUT2D eigenvalue weighted by Gasteiger charge is -2.41. The van der Waals surface area contributed by atoms with Gasteiger partial charge in [0, 0.05) is 31.5 Å². The summed E-state index contributed by atoms with van der Waals surface area (Å²) in [5, 5.41) is 0. The molecular formula is C17H29N3. The third-order valence-electron chi connectivity index (χ3n) is 4.67. The van der Waals surface area contributed by atoms with Crippen molar-refractivity contribution in [3.8, 4) is 0 Å². The smallest absolute Gasteiger partial charge is 0.0271 e. The number of rotatable bonds is 5. The maximum Gasteiger partial charge on any atom is 0.0271 e. The summed E-state index contributed by atoms with van der Waals surface area (Å²) in [5.41, 5.74) is 8.15. The molecule has 0 saturated heterocycles. The fourth-order valence-electron chi connectivity index (χ4n) is 3.34. The van der Waals surface area contributed by atoms with E-state index in [0.29, 0.717) is 17.4 Å². The highest BCUT2D eigenvalue weighted by Gasteiger charge is 2.33. The van der Waals surface area contributed by atoms with E-state index in [1.54, 1.807) is 0 Å². The molecule has 0 aliphatic heterocycles. The molecule has 1 aliphatic rings. The number of hydrogen-bond acceptors (Lipinski definition) is 3. The van der Waals surface area contributed by atoms with E-state index in [-0.39, 0.29) is 0 Å². The maximum atomic E-state index is 6.36. The van der Waals surface area contributed by atoms with Crippen LogP contribution in [-0.4, -0.2) is 29.0 Å². The zero-order valence-electron chi connectivity index (χ0n) is 13.2. The molecule has 1 aromatic heterocycles. The van der Waals surface area contributed by atoms with Crippen molar-refractivity contribution in [3.05, 3.63) is 30.1 Å². The number of hydrogen-bond donors (Lipinski definition) is 1. The molecule has 0 bridgehead atoms. The lowest BCUT2D eigenvalue weighted by molar-refractivity contribution is 0.114. The van der Waals surface area contributed by atoms with Crippen LogP contribution in [0.3, 0.4) is 0 Å². The molecule has 1 aliphatic carbocycles. The van der Waals surface area contributed by atoms with Crippen LogP contribution in [0.5, 0.6) is 0 Å². The summed E-state index contributed by atoms with van der Waals surface area (Å²) in [7, 11) is 0. The van der Waals surface area contributed by atoms with Gasteiger partial charge in [0.2, 0.25) is 0 Å². The predicted octanol–water partition coefficient (Wildman–Crippen LogP) is 3.06. The van der Waals surface area contributed by atoms with Gasteiger partial charge >= 0.3 is 0 Å². The molecule has 1 saturated carbocycles. The van der Waals surface area contributed by atoms with Crippen molar-refractivity contribution in [2.45, 2.75) is 52.6 Å². The Hall–Kier alpha value is -0.930. The molecule has 0 aromatic carbocycles. The first-order valence-corrected chi connectivity index (χ1v) is 7.87. The van der Waals surface area contributed by atoms with Gasteiger partial charge in [-0.15, -0.1) is 0 Å². The standard InChI is InChI=1S/C17H29N3/c1-4-20(12-14-6-9-19-10-7-14)13-15-11-17(2,3)8-5-16(15)18/h6-7,9-10,15-16H,4-5,8,11-13,18H2,1-3H3. The van der Waals surface area contributed by atoms with E-state index in [4.69, 9.17) is 5.73 Å². The van der Waals surface area contributed by atoms with Gasteiger partial charge in [-0.05, 0) is 54.8 Å². The van der Waals surface area contributed by atoms with Crippen molar-refractivity contribution in [1.82, 2.24) is 9.88 Å². The highest BCUT2D eigenvalue weighted by molar-refractivity contribution is 5.09. The van der Waals surface area contributed by atoms with Crippen molar-refractivity contribution >= 4 is 0 Å². The summed E-state index contributed by atoms with van der Waals surface area (Å²) in [6, 6.07) is 4.58. The Bertz CT molecular complexity index is 402. The highest BCUT2D eigenvalue weighted by atomic mass is 15.1. The van der Waals surface area contributed by atoms with Crippen LogP contribution in [0, 0.1) is 11.3 Å². The van der Waals surface area contributed by atoms with E-state index in [0.717, 1.165) is 19.6 Å². The largest absolute Gasteiger partial charge is 0.327 e. The maximum absolute atomic E-state index is 6.36. The van der Waals surface area contributed by atoms with Crippen LogP contribution in [0.15, 0.2) is 24.5 Å². The molecule has 3 heteroatoms. The van der Waals surface area contributed by atoms with Crippen LogP contribution in [0.2, 0.25) is 0 Å². The number of nitrogens with zero attached hydrogens (tertiary/aromatic N) is 2. The minimum atomic E-state index is 0.370. The quantitative estimate of drug-likeness (QED) is 0.898. The number of nitrogens with two attached hydrogens (primary N) is 1. The monoisotopic (exact) mass is 275 g/mol. The summed E-state index contributed by atoms with van der Waals surface area (Å²) in [6.45, 7) is 10.2. The van der Waals surface area contributed by atoms with E-state index in [2.05, 4.69) is 42.8 Å². The normalized spacial score (nSPS) is 25.9. The van der Waals surface area contributed by atoms with Crippen molar-refractivity contribution in [2.75, 3.05) is 13.1 Å². The summed E-state index contributed by atoms with van der Waals surface area (Å²) < 4.78 is 0. The number of pyridine rings is 1. The molecule has 2 atom stereocenters. The predicted molar refractivity (Wildman–Crippen MR) is 84.3 cm³/mol. The van der Waals surface area contributed by atoms with Crippen LogP contribution in [0.25, 0.3) is 0 Å². The molecule has 2 rings (SSSR count). The molecule has 1 aromatic rings. The van der Waals surface area contributed by atoms with Crippen molar-refractivity contribution < 1.29 is 0 Å². The topological polar surface area (TPSA) is 42.2 Å².